The maximum Gasteiger partial charge on any atom is 0.145 e. The molecule has 2 aromatic rings. The van der Waals surface area contributed by atoms with Gasteiger partial charge in [0.1, 0.15) is 17.3 Å². The summed E-state index contributed by atoms with van der Waals surface area (Å²) in [4.78, 5) is 4.07. The van der Waals surface area contributed by atoms with E-state index in [-0.39, 0.29) is 5.82 Å². The van der Waals surface area contributed by atoms with Crippen molar-refractivity contribution in [2.24, 2.45) is 0 Å². The highest BCUT2D eigenvalue weighted by Crippen LogP contribution is 2.25. The number of aromatic nitrogens is 1. The average Bonchev–Trinajstić information content (AvgIpc) is 2.33. The summed E-state index contributed by atoms with van der Waals surface area (Å²) < 4.78 is 18.5. The number of aliphatic hydroxyl groups is 1. The van der Waals surface area contributed by atoms with Gasteiger partial charge < -0.3 is 9.84 Å². The fourth-order valence-corrected chi connectivity index (χ4v) is 1.55. The smallest absolute Gasteiger partial charge is 0.145 e. The maximum atomic E-state index is 12.9. The van der Waals surface area contributed by atoms with Crippen LogP contribution in [0.15, 0.2) is 36.5 Å². The molecule has 1 unspecified atom stereocenters. The van der Waals surface area contributed by atoms with Gasteiger partial charge in [-0.1, -0.05) is 0 Å². The lowest BCUT2D eigenvalue weighted by molar-refractivity contribution is 0.194. The Morgan fingerprint density at radius 2 is 2.06 bits per heavy atom. The first-order valence-electron chi connectivity index (χ1n) is 5.64. The molecule has 18 heavy (non-hydrogen) atoms. The number of hydrogen-bond donors (Lipinski definition) is 1. The third-order valence-corrected chi connectivity index (χ3v) is 2.55. The van der Waals surface area contributed by atoms with Gasteiger partial charge in [-0.05, 0) is 49.7 Å². The van der Waals surface area contributed by atoms with Crippen LogP contribution in [0.4, 0.5) is 4.39 Å². The summed E-state index contributed by atoms with van der Waals surface area (Å²) in [5, 5.41) is 9.33. The number of ether oxygens (including phenoxy) is 1. The molecule has 1 atom stereocenters. The van der Waals surface area contributed by atoms with Crippen molar-refractivity contribution in [2.75, 3.05) is 0 Å². The number of nitrogens with zero attached hydrogens (tertiary/aromatic N) is 1. The largest absolute Gasteiger partial charge is 0.455 e. The highest BCUT2D eigenvalue weighted by atomic mass is 19.1. The first kappa shape index (κ1) is 12.5. The molecule has 1 aromatic heterocycles. The van der Waals surface area contributed by atoms with Crippen molar-refractivity contribution in [1.29, 1.82) is 0 Å². The Morgan fingerprint density at radius 1 is 1.28 bits per heavy atom. The summed E-state index contributed by atoms with van der Waals surface area (Å²) in [6.07, 6.45) is 0.928. The van der Waals surface area contributed by atoms with Gasteiger partial charge in [0.05, 0.1) is 18.0 Å². The minimum absolute atomic E-state index is 0.289. The standard InChI is InChI=1S/C14H14FNO2/c1-9-7-11(15)3-6-14(9)18-12-4-5-13(10(2)17)16-8-12/h3-8,10,17H,1-2H3. The van der Waals surface area contributed by atoms with E-state index in [4.69, 9.17) is 4.74 Å². The van der Waals surface area contributed by atoms with Crippen molar-refractivity contribution in [3.63, 3.8) is 0 Å². The van der Waals surface area contributed by atoms with Gasteiger partial charge in [-0.2, -0.15) is 0 Å². The van der Waals surface area contributed by atoms with Crippen LogP contribution >= 0.6 is 0 Å². The molecule has 1 heterocycles. The van der Waals surface area contributed by atoms with Gasteiger partial charge in [0.15, 0.2) is 0 Å². The van der Waals surface area contributed by atoms with Gasteiger partial charge in [-0.25, -0.2) is 4.39 Å². The first-order chi connectivity index (χ1) is 8.56. The number of rotatable bonds is 3. The van der Waals surface area contributed by atoms with Gasteiger partial charge in [0, 0.05) is 0 Å². The predicted molar refractivity (Wildman–Crippen MR) is 66.1 cm³/mol. The Bertz CT molecular complexity index is 538. The van der Waals surface area contributed by atoms with Crippen molar-refractivity contribution in [2.45, 2.75) is 20.0 Å². The zero-order valence-electron chi connectivity index (χ0n) is 10.2. The molecule has 0 spiro atoms. The molecule has 0 radical (unpaired) electrons. The third kappa shape index (κ3) is 2.84. The van der Waals surface area contributed by atoms with Crippen molar-refractivity contribution >= 4 is 0 Å². The van der Waals surface area contributed by atoms with Gasteiger partial charge in [-0.15, -0.1) is 0 Å². The SMILES string of the molecule is Cc1cc(F)ccc1Oc1ccc(C(C)O)nc1. The predicted octanol–water partition coefficient (Wildman–Crippen LogP) is 3.37. The molecule has 0 aliphatic carbocycles. The summed E-state index contributed by atoms with van der Waals surface area (Å²) in [5.41, 5.74) is 1.30. The summed E-state index contributed by atoms with van der Waals surface area (Å²) >= 11 is 0. The second-order valence-corrected chi connectivity index (χ2v) is 4.11. The van der Waals surface area contributed by atoms with Crippen LogP contribution in [0.5, 0.6) is 11.5 Å². The van der Waals surface area contributed by atoms with Crippen LogP contribution in [0.1, 0.15) is 24.3 Å². The molecule has 1 aromatic carbocycles. The zero-order chi connectivity index (χ0) is 13.1. The van der Waals surface area contributed by atoms with Crippen molar-refractivity contribution < 1.29 is 14.2 Å². The molecule has 94 valence electrons. The van der Waals surface area contributed by atoms with E-state index < -0.39 is 6.10 Å². The Morgan fingerprint density at radius 3 is 2.61 bits per heavy atom. The van der Waals surface area contributed by atoms with Crippen molar-refractivity contribution in [3.05, 3.63) is 53.6 Å². The molecule has 1 N–H and O–H groups in total. The molecule has 0 aliphatic heterocycles. The van der Waals surface area contributed by atoms with Gasteiger partial charge in [0.2, 0.25) is 0 Å². The summed E-state index contributed by atoms with van der Waals surface area (Å²) in [5.74, 6) is 0.847. The fraction of sp³-hybridized carbons (Fsp3) is 0.214. The van der Waals surface area contributed by atoms with Crippen LogP contribution < -0.4 is 4.74 Å². The topological polar surface area (TPSA) is 42.4 Å². The van der Waals surface area contributed by atoms with Crippen molar-refractivity contribution in [3.8, 4) is 11.5 Å². The lowest BCUT2D eigenvalue weighted by atomic mass is 10.2. The molecular formula is C14H14FNO2. The normalized spacial score (nSPS) is 12.2. The molecule has 0 saturated heterocycles. The van der Waals surface area contributed by atoms with Crippen LogP contribution in [0.2, 0.25) is 0 Å². The molecule has 0 amide bonds. The van der Waals surface area contributed by atoms with Crippen LogP contribution in [-0.4, -0.2) is 10.1 Å². The average molecular weight is 247 g/mol. The Balaban J connectivity index is 2.18. The summed E-state index contributed by atoms with van der Waals surface area (Å²) in [6.45, 7) is 3.42. The second kappa shape index (κ2) is 5.14. The number of aliphatic hydroxyl groups excluding tert-OH is 1. The van der Waals surface area contributed by atoms with Crippen LogP contribution in [0.3, 0.4) is 0 Å². The molecule has 3 nitrogen and oxygen atoms in total. The third-order valence-electron chi connectivity index (χ3n) is 2.55. The second-order valence-electron chi connectivity index (χ2n) is 4.11. The Kier molecular flexibility index (Phi) is 3.58. The monoisotopic (exact) mass is 247 g/mol. The summed E-state index contributed by atoms with van der Waals surface area (Å²) in [6, 6.07) is 7.75. The van der Waals surface area contributed by atoms with Crippen LogP contribution in [0.25, 0.3) is 0 Å². The Hall–Kier alpha value is -1.94. The first-order valence-corrected chi connectivity index (χ1v) is 5.64. The summed E-state index contributed by atoms with van der Waals surface area (Å²) in [7, 11) is 0. The highest BCUT2D eigenvalue weighted by molar-refractivity contribution is 5.36. The molecule has 0 aliphatic rings. The van der Waals surface area contributed by atoms with Crippen LogP contribution in [-0.2, 0) is 0 Å². The number of aryl methyl sites for hydroxylation is 1. The molecule has 2 rings (SSSR count). The lowest BCUT2D eigenvalue weighted by Gasteiger charge is -2.09. The fourth-order valence-electron chi connectivity index (χ4n) is 1.55. The lowest BCUT2D eigenvalue weighted by Crippen LogP contribution is -1.95. The van der Waals surface area contributed by atoms with E-state index in [1.165, 1.54) is 18.3 Å². The van der Waals surface area contributed by atoms with Gasteiger partial charge in [-0.3, -0.25) is 4.98 Å². The molecule has 0 saturated carbocycles. The molecule has 0 bridgehead atoms. The number of pyridine rings is 1. The van der Waals surface area contributed by atoms with Crippen molar-refractivity contribution in [1.82, 2.24) is 4.98 Å². The number of benzene rings is 1. The molecular weight excluding hydrogens is 233 g/mol. The van der Waals surface area contributed by atoms with E-state index in [1.54, 1.807) is 32.0 Å². The zero-order valence-corrected chi connectivity index (χ0v) is 10.2. The van der Waals surface area contributed by atoms with Gasteiger partial charge in [0.25, 0.3) is 0 Å². The number of hydrogen-bond acceptors (Lipinski definition) is 3. The van der Waals surface area contributed by atoms with E-state index in [9.17, 15) is 9.50 Å². The van der Waals surface area contributed by atoms with E-state index in [2.05, 4.69) is 4.98 Å². The minimum Gasteiger partial charge on any atom is -0.455 e. The number of halogens is 1. The molecule has 0 fully saturated rings. The quantitative estimate of drug-likeness (QED) is 0.904. The highest BCUT2D eigenvalue weighted by Gasteiger charge is 2.05. The minimum atomic E-state index is -0.605. The van der Waals surface area contributed by atoms with E-state index >= 15 is 0 Å². The molecule has 4 heteroatoms. The van der Waals surface area contributed by atoms with E-state index in [0.717, 1.165) is 5.56 Å². The van der Waals surface area contributed by atoms with Gasteiger partial charge >= 0.3 is 0 Å². The maximum absolute atomic E-state index is 12.9. The van der Waals surface area contributed by atoms with E-state index in [1.807, 2.05) is 0 Å². The van der Waals surface area contributed by atoms with E-state index in [0.29, 0.717) is 17.2 Å². The Labute approximate surface area is 105 Å². The van der Waals surface area contributed by atoms with Crippen LogP contribution in [0, 0.1) is 12.7 Å².